The van der Waals surface area contributed by atoms with Crippen LogP contribution in [0.5, 0.6) is 0 Å². The fraction of sp³-hybridized carbons (Fsp3) is 0.700. The monoisotopic (exact) mass is 445 g/mol. The van der Waals surface area contributed by atoms with Gasteiger partial charge in [-0.05, 0) is 49.9 Å². The summed E-state index contributed by atoms with van der Waals surface area (Å²) in [6, 6.07) is 5.29. The van der Waals surface area contributed by atoms with Crippen molar-refractivity contribution in [3.8, 4) is 0 Å². The molecule has 2 fully saturated rings. The van der Waals surface area contributed by atoms with Crippen molar-refractivity contribution in [1.82, 2.24) is 4.72 Å². The molecule has 1 aromatic carbocycles. The Hall–Kier alpha value is -1.00. The van der Waals surface area contributed by atoms with E-state index in [-0.39, 0.29) is 21.5 Å². The van der Waals surface area contributed by atoms with E-state index in [1.54, 1.807) is 0 Å². The molecule has 3 rings (SSSR count). The van der Waals surface area contributed by atoms with Crippen LogP contribution in [0.3, 0.4) is 0 Å². The smallest absolute Gasteiger partial charge is 0.240 e. The lowest BCUT2D eigenvalue weighted by molar-refractivity contribution is -0.143. The zero-order valence-corrected chi connectivity index (χ0v) is 18.6. The second-order valence-electron chi connectivity index (χ2n) is 8.09. The highest BCUT2D eigenvalue weighted by Gasteiger charge is 2.42. The van der Waals surface area contributed by atoms with E-state index in [1.165, 1.54) is 37.1 Å². The molecule has 1 aliphatic carbocycles. The minimum atomic E-state index is -3.68. The first-order valence-electron chi connectivity index (χ1n) is 10.3. The molecule has 0 aromatic heterocycles. The van der Waals surface area contributed by atoms with Gasteiger partial charge < -0.3 is 9.47 Å². The standard InChI is InChI=1S/C20H31NO6S2/c1-28(22,23)17-7-9-18(10-8-17)29(24,25)21-14-6-13-20(19-26-15-16-27-19)11-4-2-3-5-12-20/h7-10,19,21H,2-6,11-16H2,1H3. The van der Waals surface area contributed by atoms with Gasteiger partial charge in [-0.3, -0.25) is 0 Å². The molecule has 29 heavy (non-hydrogen) atoms. The van der Waals surface area contributed by atoms with Crippen molar-refractivity contribution in [2.75, 3.05) is 26.0 Å². The van der Waals surface area contributed by atoms with Crippen LogP contribution in [0.4, 0.5) is 0 Å². The number of ether oxygens (including phenoxy) is 2. The molecular formula is C20H31NO6S2. The molecule has 1 N–H and O–H groups in total. The molecule has 1 aliphatic heterocycles. The Labute approximate surface area is 174 Å². The van der Waals surface area contributed by atoms with Crippen molar-refractivity contribution >= 4 is 19.9 Å². The molecule has 1 saturated carbocycles. The molecule has 9 heteroatoms. The third kappa shape index (κ3) is 5.79. The lowest BCUT2D eigenvalue weighted by Crippen LogP contribution is -2.37. The summed E-state index contributed by atoms with van der Waals surface area (Å²) < 4.78 is 62.4. The normalized spacial score (nSPS) is 21.1. The van der Waals surface area contributed by atoms with Crippen LogP contribution in [0, 0.1) is 5.41 Å². The van der Waals surface area contributed by atoms with E-state index in [0.717, 1.165) is 38.4 Å². The maximum Gasteiger partial charge on any atom is 0.240 e. The van der Waals surface area contributed by atoms with E-state index in [1.807, 2.05) is 0 Å². The number of sulfonamides is 1. The minimum absolute atomic E-state index is 0.0322. The number of benzene rings is 1. The van der Waals surface area contributed by atoms with Crippen LogP contribution in [-0.2, 0) is 29.3 Å². The second kappa shape index (κ2) is 9.43. The summed E-state index contributed by atoms with van der Waals surface area (Å²) in [5.41, 5.74) is -0.0322. The molecule has 2 aliphatic rings. The van der Waals surface area contributed by atoms with Crippen LogP contribution in [0.2, 0.25) is 0 Å². The largest absolute Gasteiger partial charge is 0.350 e. The number of sulfone groups is 1. The topological polar surface area (TPSA) is 98.8 Å². The van der Waals surface area contributed by atoms with E-state index in [4.69, 9.17) is 9.47 Å². The zero-order valence-electron chi connectivity index (χ0n) is 16.9. The van der Waals surface area contributed by atoms with Gasteiger partial charge in [0.05, 0.1) is 23.0 Å². The molecule has 0 unspecified atom stereocenters. The van der Waals surface area contributed by atoms with Gasteiger partial charge in [0.1, 0.15) is 0 Å². The molecule has 7 nitrogen and oxygen atoms in total. The van der Waals surface area contributed by atoms with Gasteiger partial charge in [-0.25, -0.2) is 21.6 Å². The zero-order chi connectivity index (χ0) is 21.0. The van der Waals surface area contributed by atoms with E-state index in [0.29, 0.717) is 26.2 Å². The van der Waals surface area contributed by atoms with Crippen molar-refractivity contribution in [1.29, 1.82) is 0 Å². The Balaban J connectivity index is 1.58. The van der Waals surface area contributed by atoms with E-state index in [9.17, 15) is 16.8 Å². The first-order chi connectivity index (χ1) is 13.7. The fourth-order valence-corrected chi connectivity index (χ4v) is 6.05. The summed E-state index contributed by atoms with van der Waals surface area (Å²) in [4.78, 5) is 0.167. The Morgan fingerprint density at radius 3 is 2.03 bits per heavy atom. The summed E-state index contributed by atoms with van der Waals surface area (Å²) in [5, 5.41) is 0. The molecule has 0 bridgehead atoms. The quantitative estimate of drug-likeness (QED) is 0.488. The summed E-state index contributed by atoms with van der Waals surface area (Å²) in [6.07, 6.45) is 9.33. The highest BCUT2D eigenvalue weighted by atomic mass is 32.2. The van der Waals surface area contributed by atoms with Crippen molar-refractivity contribution in [2.24, 2.45) is 5.41 Å². The number of nitrogens with one attached hydrogen (secondary N) is 1. The third-order valence-corrected chi connectivity index (χ3v) is 8.53. The molecule has 1 heterocycles. The van der Waals surface area contributed by atoms with Gasteiger partial charge >= 0.3 is 0 Å². The van der Waals surface area contributed by atoms with Gasteiger partial charge in [-0.2, -0.15) is 0 Å². The Bertz CT molecular complexity index is 866. The van der Waals surface area contributed by atoms with Crippen molar-refractivity contribution < 1.29 is 26.3 Å². The lowest BCUT2D eigenvalue weighted by atomic mass is 9.75. The number of hydrogen-bond acceptors (Lipinski definition) is 6. The van der Waals surface area contributed by atoms with Crippen molar-refractivity contribution in [2.45, 2.75) is 67.4 Å². The third-order valence-electron chi connectivity index (χ3n) is 5.93. The van der Waals surface area contributed by atoms with Gasteiger partial charge in [-0.15, -0.1) is 0 Å². The van der Waals surface area contributed by atoms with Gasteiger partial charge in [0.15, 0.2) is 16.1 Å². The van der Waals surface area contributed by atoms with E-state index in [2.05, 4.69) is 4.72 Å². The van der Waals surface area contributed by atoms with Crippen LogP contribution in [-0.4, -0.2) is 49.1 Å². The molecule has 1 saturated heterocycles. The van der Waals surface area contributed by atoms with Gasteiger partial charge in [0.25, 0.3) is 0 Å². The molecule has 0 atom stereocenters. The lowest BCUT2D eigenvalue weighted by Gasteiger charge is -2.37. The highest BCUT2D eigenvalue weighted by Crippen LogP contribution is 2.44. The average molecular weight is 446 g/mol. The van der Waals surface area contributed by atoms with Crippen LogP contribution in [0.15, 0.2) is 34.1 Å². The minimum Gasteiger partial charge on any atom is -0.350 e. The second-order valence-corrected chi connectivity index (χ2v) is 11.9. The highest BCUT2D eigenvalue weighted by molar-refractivity contribution is 7.90. The molecular weight excluding hydrogens is 414 g/mol. The van der Waals surface area contributed by atoms with Crippen LogP contribution in [0.25, 0.3) is 0 Å². The first-order valence-corrected chi connectivity index (χ1v) is 13.6. The predicted octanol–water partition coefficient (Wildman–Crippen LogP) is 2.86. The first kappa shape index (κ1) is 22.7. The molecule has 1 aromatic rings. The summed E-state index contributed by atoms with van der Waals surface area (Å²) in [6.45, 7) is 1.58. The molecule has 0 radical (unpaired) electrons. The van der Waals surface area contributed by atoms with Crippen LogP contribution < -0.4 is 4.72 Å². The van der Waals surface area contributed by atoms with Crippen molar-refractivity contribution in [3.63, 3.8) is 0 Å². The molecule has 0 amide bonds. The van der Waals surface area contributed by atoms with Crippen molar-refractivity contribution in [3.05, 3.63) is 24.3 Å². The maximum atomic E-state index is 12.5. The van der Waals surface area contributed by atoms with Gasteiger partial charge in [-0.1, -0.05) is 25.7 Å². The fourth-order valence-electron chi connectivity index (χ4n) is 4.34. The van der Waals surface area contributed by atoms with Crippen LogP contribution >= 0.6 is 0 Å². The number of rotatable bonds is 8. The SMILES string of the molecule is CS(=O)(=O)c1ccc(S(=O)(=O)NCCCC2(C3OCCO3)CCCCCC2)cc1. The van der Waals surface area contributed by atoms with E-state index >= 15 is 0 Å². The summed E-state index contributed by atoms with van der Waals surface area (Å²) in [5.74, 6) is 0. The molecule has 164 valence electrons. The Morgan fingerprint density at radius 2 is 1.48 bits per heavy atom. The van der Waals surface area contributed by atoms with Crippen LogP contribution in [0.1, 0.15) is 51.4 Å². The number of hydrogen-bond donors (Lipinski definition) is 1. The predicted molar refractivity (Wildman–Crippen MR) is 110 cm³/mol. The maximum absolute atomic E-state index is 12.5. The average Bonchev–Trinajstić information content (AvgIpc) is 3.12. The summed E-state index contributed by atoms with van der Waals surface area (Å²) in [7, 11) is -7.03. The van der Waals surface area contributed by atoms with Gasteiger partial charge in [0.2, 0.25) is 10.0 Å². The Kier molecular flexibility index (Phi) is 7.37. The summed E-state index contributed by atoms with van der Waals surface area (Å²) >= 11 is 0. The Morgan fingerprint density at radius 1 is 0.931 bits per heavy atom. The van der Waals surface area contributed by atoms with Gasteiger partial charge in [0, 0.05) is 18.2 Å². The van der Waals surface area contributed by atoms with E-state index < -0.39 is 19.9 Å². The molecule has 0 spiro atoms.